The lowest BCUT2D eigenvalue weighted by Crippen LogP contribution is -2.33. The Morgan fingerprint density at radius 2 is 2.07 bits per heavy atom. The van der Waals surface area contributed by atoms with Crippen molar-refractivity contribution >= 4 is 23.4 Å². The number of aromatic amines is 1. The molecule has 1 saturated carbocycles. The van der Waals surface area contributed by atoms with Gasteiger partial charge < -0.3 is 4.90 Å². The molecule has 6 nitrogen and oxygen atoms in total. The van der Waals surface area contributed by atoms with Crippen molar-refractivity contribution in [1.29, 1.82) is 5.26 Å². The van der Waals surface area contributed by atoms with E-state index in [1.807, 2.05) is 6.07 Å². The highest BCUT2D eigenvalue weighted by Gasteiger charge is 2.19. The molecule has 27 heavy (non-hydrogen) atoms. The fraction of sp³-hybridized carbons (Fsp3) is 0.474. The summed E-state index contributed by atoms with van der Waals surface area (Å²) < 4.78 is 13.1. The standard InChI is InChI=1S/C19H22FN5OS/c20-15-6-8-16(9-7-15)25(11-3-10-21)18(26)13-27-19-22-17(23-24-19)12-14-4-1-2-5-14/h6-9,14H,1-5,11-13H2,(H,22,23,24). The lowest BCUT2D eigenvalue weighted by Gasteiger charge is -2.21. The van der Waals surface area contributed by atoms with Gasteiger partial charge in [-0.05, 0) is 30.2 Å². The fourth-order valence-corrected chi connectivity index (χ4v) is 4.00. The van der Waals surface area contributed by atoms with E-state index >= 15 is 0 Å². The van der Waals surface area contributed by atoms with Crippen LogP contribution in [0.4, 0.5) is 10.1 Å². The molecule has 0 spiro atoms. The zero-order valence-electron chi connectivity index (χ0n) is 15.0. The molecule has 1 N–H and O–H groups in total. The smallest absolute Gasteiger partial charge is 0.237 e. The van der Waals surface area contributed by atoms with E-state index in [9.17, 15) is 9.18 Å². The summed E-state index contributed by atoms with van der Waals surface area (Å²) in [5.41, 5.74) is 0.578. The lowest BCUT2D eigenvalue weighted by atomic mass is 10.0. The third-order valence-electron chi connectivity index (χ3n) is 4.68. The number of thioether (sulfide) groups is 1. The molecule has 1 fully saturated rings. The van der Waals surface area contributed by atoms with Crippen molar-refractivity contribution in [1.82, 2.24) is 15.2 Å². The minimum Gasteiger partial charge on any atom is -0.311 e. The summed E-state index contributed by atoms with van der Waals surface area (Å²) in [6, 6.07) is 7.74. The second kappa shape index (κ2) is 9.51. The predicted molar refractivity (Wildman–Crippen MR) is 102 cm³/mol. The topological polar surface area (TPSA) is 85.7 Å². The molecule has 1 heterocycles. The molecule has 8 heteroatoms. The predicted octanol–water partition coefficient (Wildman–Crippen LogP) is 3.72. The highest BCUT2D eigenvalue weighted by atomic mass is 32.2. The van der Waals surface area contributed by atoms with Crippen LogP contribution in [0.2, 0.25) is 0 Å². The summed E-state index contributed by atoms with van der Waals surface area (Å²) in [6.07, 6.45) is 6.18. The van der Waals surface area contributed by atoms with Gasteiger partial charge in [0.25, 0.3) is 0 Å². The molecular formula is C19H22FN5OS. The summed E-state index contributed by atoms with van der Waals surface area (Å²) >= 11 is 1.27. The van der Waals surface area contributed by atoms with Crippen molar-refractivity contribution in [3.8, 4) is 6.07 Å². The Kier molecular flexibility index (Phi) is 6.82. The minimum atomic E-state index is -0.365. The van der Waals surface area contributed by atoms with Gasteiger partial charge >= 0.3 is 0 Å². The SMILES string of the molecule is N#CCCN(C(=O)CSc1n[nH]c(CC2CCCC2)n1)c1ccc(F)cc1. The van der Waals surface area contributed by atoms with Gasteiger partial charge in [0.05, 0.1) is 18.2 Å². The van der Waals surface area contributed by atoms with Gasteiger partial charge in [-0.1, -0.05) is 37.4 Å². The summed E-state index contributed by atoms with van der Waals surface area (Å²) in [5.74, 6) is 1.18. The Balaban J connectivity index is 1.57. The number of nitriles is 1. The Bertz CT molecular complexity index is 795. The molecule has 0 radical (unpaired) electrons. The van der Waals surface area contributed by atoms with Crippen LogP contribution < -0.4 is 4.90 Å². The molecule has 1 aromatic heterocycles. The minimum absolute atomic E-state index is 0.156. The zero-order chi connectivity index (χ0) is 19.1. The number of carbonyl (C=O) groups excluding carboxylic acids is 1. The number of aromatic nitrogens is 3. The van der Waals surface area contributed by atoms with Crippen molar-refractivity contribution in [2.45, 2.75) is 43.7 Å². The van der Waals surface area contributed by atoms with Crippen LogP contribution >= 0.6 is 11.8 Å². The summed E-state index contributed by atoms with van der Waals surface area (Å²) in [5, 5.41) is 16.5. The zero-order valence-corrected chi connectivity index (χ0v) is 15.8. The molecule has 0 unspecified atom stereocenters. The third-order valence-corrected chi connectivity index (χ3v) is 5.51. The van der Waals surface area contributed by atoms with Crippen molar-refractivity contribution in [3.63, 3.8) is 0 Å². The van der Waals surface area contributed by atoms with Crippen LogP contribution in [0.15, 0.2) is 29.4 Å². The molecule has 1 aliphatic carbocycles. The van der Waals surface area contributed by atoms with Crippen LogP contribution in [0, 0.1) is 23.1 Å². The first-order valence-electron chi connectivity index (χ1n) is 9.12. The van der Waals surface area contributed by atoms with Crippen molar-refractivity contribution in [2.75, 3.05) is 17.2 Å². The Morgan fingerprint density at radius 1 is 1.33 bits per heavy atom. The molecule has 2 aromatic rings. The monoisotopic (exact) mass is 387 g/mol. The lowest BCUT2D eigenvalue weighted by molar-refractivity contribution is -0.116. The van der Waals surface area contributed by atoms with Gasteiger partial charge in [0.15, 0.2) is 0 Å². The first-order chi connectivity index (χ1) is 13.2. The van der Waals surface area contributed by atoms with E-state index in [0.29, 0.717) is 16.8 Å². The molecular weight excluding hydrogens is 365 g/mol. The highest BCUT2D eigenvalue weighted by molar-refractivity contribution is 7.99. The van der Waals surface area contributed by atoms with Crippen molar-refractivity contribution in [3.05, 3.63) is 35.9 Å². The van der Waals surface area contributed by atoms with Gasteiger partial charge in [-0.3, -0.25) is 9.89 Å². The average molecular weight is 387 g/mol. The number of H-pyrrole nitrogens is 1. The number of rotatable bonds is 8. The maximum atomic E-state index is 13.1. The Labute approximate surface area is 162 Å². The van der Waals surface area contributed by atoms with Crippen LogP contribution in [0.25, 0.3) is 0 Å². The number of hydrogen-bond donors (Lipinski definition) is 1. The normalized spacial score (nSPS) is 14.2. The summed E-state index contributed by atoms with van der Waals surface area (Å²) in [4.78, 5) is 18.6. The van der Waals surface area contributed by atoms with E-state index in [2.05, 4.69) is 15.2 Å². The number of anilines is 1. The molecule has 0 aliphatic heterocycles. The Hall–Kier alpha value is -2.40. The number of halogens is 1. The summed E-state index contributed by atoms with van der Waals surface area (Å²) in [7, 11) is 0. The molecule has 3 rings (SSSR count). The van der Waals surface area contributed by atoms with E-state index < -0.39 is 0 Å². The number of amides is 1. The third kappa shape index (κ3) is 5.54. The van der Waals surface area contributed by atoms with Crippen LogP contribution in [-0.4, -0.2) is 33.4 Å². The highest BCUT2D eigenvalue weighted by Crippen LogP contribution is 2.27. The van der Waals surface area contributed by atoms with E-state index in [-0.39, 0.29) is 30.4 Å². The van der Waals surface area contributed by atoms with Crippen LogP contribution in [0.3, 0.4) is 0 Å². The molecule has 142 valence electrons. The molecule has 1 aromatic carbocycles. The van der Waals surface area contributed by atoms with Gasteiger partial charge in [0, 0.05) is 18.7 Å². The fourth-order valence-electron chi connectivity index (χ4n) is 3.31. The molecule has 0 bridgehead atoms. The second-order valence-electron chi connectivity index (χ2n) is 6.64. The molecule has 1 aliphatic rings. The van der Waals surface area contributed by atoms with Gasteiger partial charge in [-0.15, -0.1) is 5.10 Å². The first-order valence-corrected chi connectivity index (χ1v) is 10.1. The maximum absolute atomic E-state index is 13.1. The van der Waals surface area contributed by atoms with E-state index in [1.165, 1.54) is 54.5 Å². The quantitative estimate of drug-likeness (QED) is 0.698. The van der Waals surface area contributed by atoms with E-state index in [0.717, 1.165) is 12.2 Å². The molecule has 1 amide bonds. The number of nitrogens with zero attached hydrogens (tertiary/aromatic N) is 4. The number of benzene rings is 1. The summed E-state index contributed by atoms with van der Waals surface area (Å²) in [6.45, 7) is 0.266. The maximum Gasteiger partial charge on any atom is 0.237 e. The van der Waals surface area contributed by atoms with Crippen LogP contribution in [0.1, 0.15) is 37.9 Å². The van der Waals surface area contributed by atoms with Crippen LogP contribution in [0.5, 0.6) is 0 Å². The van der Waals surface area contributed by atoms with Gasteiger partial charge in [0.2, 0.25) is 11.1 Å². The average Bonchev–Trinajstić information content (AvgIpc) is 3.34. The van der Waals surface area contributed by atoms with E-state index in [1.54, 1.807) is 12.1 Å². The largest absolute Gasteiger partial charge is 0.311 e. The molecule has 0 saturated heterocycles. The number of hydrogen-bond acceptors (Lipinski definition) is 5. The first kappa shape index (κ1) is 19.4. The van der Waals surface area contributed by atoms with Gasteiger partial charge in [-0.25, -0.2) is 9.37 Å². The van der Waals surface area contributed by atoms with Crippen molar-refractivity contribution < 1.29 is 9.18 Å². The number of nitrogens with one attached hydrogen (secondary N) is 1. The molecule has 0 atom stereocenters. The van der Waals surface area contributed by atoms with Crippen LogP contribution in [-0.2, 0) is 11.2 Å². The number of carbonyl (C=O) groups is 1. The second-order valence-corrected chi connectivity index (χ2v) is 7.58. The van der Waals surface area contributed by atoms with Gasteiger partial charge in [-0.2, -0.15) is 5.26 Å². The Morgan fingerprint density at radius 3 is 2.78 bits per heavy atom. The van der Waals surface area contributed by atoms with E-state index in [4.69, 9.17) is 5.26 Å². The van der Waals surface area contributed by atoms with Crippen molar-refractivity contribution in [2.24, 2.45) is 5.92 Å². The van der Waals surface area contributed by atoms with Gasteiger partial charge in [0.1, 0.15) is 11.6 Å².